The molecular weight excluding hydrogens is 454 g/mol. The van der Waals surface area contributed by atoms with Gasteiger partial charge in [-0.2, -0.15) is 0 Å². The Kier molecular flexibility index (Phi) is 5.03. The highest BCUT2D eigenvalue weighted by molar-refractivity contribution is 6.08. The predicted molar refractivity (Wildman–Crippen MR) is 148 cm³/mol. The number of aromatic nitrogens is 5. The largest absolute Gasteiger partial charge is 0.294 e. The molecular formula is C32H21N5. The highest BCUT2D eigenvalue weighted by atomic mass is 15.1. The summed E-state index contributed by atoms with van der Waals surface area (Å²) in [6, 6.07) is 36.8. The van der Waals surface area contributed by atoms with E-state index in [-0.39, 0.29) is 0 Å². The average Bonchev–Trinajstić information content (AvgIpc) is 3.32. The van der Waals surface area contributed by atoms with Crippen LogP contribution in [0, 0.1) is 0 Å². The van der Waals surface area contributed by atoms with Crippen LogP contribution in [0.1, 0.15) is 0 Å². The summed E-state index contributed by atoms with van der Waals surface area (Å²) < 4.78 is 2.19. The third-order valence-corrected chi connectivity index (χ3v) is 6.59. The summed E-state index contributed by atoms with van der Waals surface area (Å²) in [5.41, 5.74) is 7.82. The van der Waals surface area contributed by atoms with Gasteiger partial charge >= 0.3 is 0 Å². The smallest absolute Gasteiger partial charge is 0.138 e. The van der Waals surface area contributed by atoms with Gasteiger partial charge in [0, 0.05) is 40.5 Å². The Labute approximate surface area is 213 Å². The Morgan fingerprint density at radius 3 is 1.97 bits per heavy atom. The number of hydrogen-bond donors (Lipinski definition) is 0. The molecule has 7 aromatic rings. The molecule has 5 heteroatoms. The second kappa shape index (κ2) is 8.81. The number of pyridine rings is 4. The van der Waals surface area contributed by atoms with Crippen molar-refractivity contribution < 1.29 is 0 Å². The Hall–Kier alpha value is -5.16. The summed E-state index contributed by atoms with van der Waals surface area (Å²) in [4.78, 5) is 18.8. The summed E-state index contributed by atoms with van der Waals surface area (Å²) in [7, 11) is 0. The van der Waals surface area contributed by atoms with Crippen molar-refractivity contribution in [3.8, 4) is 39.7 Å². The molecule has 0 unspecified atom stereocenters. The number of hydrogen-bond acceptors (Lipinski definition) is 4. The Bertz CT molecular complexity index is 1820. The summed E-state index contributed by atoms with van der Waals surface area (Å²) >= 11 is 0. The van der Waals surface area contributed by atoms with Gasteiger partial charge in [0.25, 0.3) is 0 Å². The lowest BCUT2D eigenvalue weighted by Gasteiger charge is -2.10. The van der Waals surface area contributed by atoms with Crippen molar-refractivity contribution in [1.29, 1.82) is 0 Å². The first-order valence-electron chi connectivity index (χ1n) is 12.1. The first-order chi connectivity index (χ1) is 18.3. The van der Waals surface area contributed by atoms with Crippen LogP contribution in [0.4, 0.5) is 0 Å². The van der Waals surface area contributed by atoms with Gasteiger partial charge in [0.05, 0.1) is 33.8 Å². The summed E-state index contributed by atoms with van der Waals surface area (Å²) in [5, 5.41) is 2.27. The molecule has 0 atom stereocenters. The van der Waals surface area contributed by atoms with Crippen LogP contribution in [0.25, 0.3) is 61.5 Å². The third kappa shape index (κ3) is 3.74. The molecule has 2 aromatic carbocycles. The van der Waals surface area contributed by atoms with Crippen LogP contribution in [0.5, 0.6) is 0 Å². The maximum absolute atomic E-state index is 5.05. The number of para-hydroxylation sites is 1. The molecule has 37 heavy (non-hydrogen) atoms. The molecule has 0 radical (unpaired) electrons. The van der Waals surface area contributed by atoms with Crippen LogP contribution >= 0.6 is 0 Å². The van der Waals surface area contributed by atoms with Crippen molar-refractivity contribution in [2.45, 2.75) is 0 Å². The molecule has 0 saturated carbocycles. The van der Waals surface area contributed by atoms with Crippen molar-refractivity contribution in [2.24, 2.45) is 0 Å². The van der Waals surface area contributed by atoms with Gasteiger partial charge in [-0.1, -0.05) is 60.7 Å². The fourth-order valence-electron chi connectivity index (χ4n) is 4.84. The van der Waals surface area contributed by atoms with Crippen molar-refractivity contribution in [3.05, 3.63) is 128 Å². The fourth-order valence-corrected chi connectivity index (χ4v) is 4.84. The quantitative estimate of drug-likeness (QED) is 0.267. The van der Waals surface area contributed by atoms with Crippen LogP contribution in [-0.4, -0.2) is 24.5 Å². The Balaban J connectivity index is 1.29. The molecule has 0 fully saturated rings. The highest BCUT2D eigenvalue weighted by Gasteiger charge is 2.14. The van der Waals surface area contributed by atoms with E-state index in [1.165, 1.54) is 0 Å². The van der Waals surface area contributed by atoms with E-state index < -0.39 is 0 Å². The SMILES string of the molecule is c1ccc(-c2ccc(-c3cccc(-c4cccc(-n5c6ccccc6c6cnccc65)n4)n3)cc2)nc1. The van der Waals surface area contributed by atoms with Gasteiger partial charge < -0.3 is 0 Å². The molecule has 7 rings (SSSR count). The highest BCUT2D eigenvalue weighted by Crippen LogP contribution is 2.31. The molecule has 5 nitrogen and oxygen atoms in total. The zero-order valence-electron chi connectivity index (χ0n) is 19.9. The number of benzene rings is 2. The molecule has 0 N–H and O–H groups in total. The number of nitrogens with zero attached hydrogens (tertiary/aromatic N) is 5. The predicted octanol–water partition coefficient (Wildman–Crippen LogP) is 7.36. The minimum atomic E-state index is 0.824. The van der Waals surface area contributed by atoms with E-state index in [9.17, 15) is 0 Å². The van der Waals surface area contributed by atoms with Crippen molar-refractivity contribution >= 4 is 21.8 Å². The van der Waals surface area contributed by atoms with Gasteiger partial charge in [-0.15, -0.1) is 0 Å². The van der Waals surface area contributed by atoms with E-state index in [0.717, 1.165) is 61.5 Å². The van der Waals surface area contributed by atoms with Gasteiger partial charge in [0.15, 0.2) is 0 Å². The Morgan fingerprint density at radius 1 is 0.459 bits per heavy atom. The number of rotatable bonds is 4. The summed E-state index contributed by atoms with van der Waals surface area (Å²) in [6.07, 6.45) is 5.56. The van der Waals surface area contributed by atoms with Gasteiger partial charge in [0.1, 0.15) is 5.82 Å². The van der Waals surface area contributed by atoms with E-state index in [0.29, 0.717) is 0 Å². The standard InChI is InChI=1S/C32H21N5/c1-2-12-30-24(7-1)25-21-33-20-18-31(25)37(30)32-13-6-11-29(36-32)28-10-5-9-27(35-28)23-16-14-22(15-17-23)26-8-3-4-19-34-26/h1-21H. The molecule has 0 amide bonds. The first kappa shape index (κ1) is 21.1. The van der Waals surface area contributed by atoms with E-state index in [4.69, 9.17) is 9.97 Å². The van der Waals surface area contributed by atoms with Gasteiger partial charge in [-0.25, -0.2) is 9.97 Å². The molecule has 5 aromatic heterocycles. The van der Waals surface area contributed by atoms with Crippen molar-refractivity contribution in [1.82, 2.24) is 24.5 Å². The van der Waals surface area contributed by atoms with Gasteiger partial charge in [0.2, 0.25) is 0 Å². The summed E-state index contributed by atoms with van der Waals surface area (Å²) in [6.45, 7) is 0. The third-order valence-electron chi connectivity index (χ3n) is 6.59. The molecule has 0 spiro atoms. The molecule has 5 heterocycles. The molecule has 0 bridgehead atoms. The lowest BCUT2D eigenvalue weighted by atomic mass is 10.1. The second-order valence-electron chi connectivity index (χ2n) is 8.83. The maximum Gasteiger partial charge on any atom is 0.138 e. The monoisotopic (exact) mass is 475 g/mol. The van der Waals surface area contributed by atoms with Crippen LogP contribution < -0.4 is 0 Å². The van der Waals surface area contributed by atoms with E-state index in [1.807, 2.05) is 79.3 Å². The normalized spacial score (nSPS) is 11.2. The second-order valence-corrected chi connectivity index (χ2v) is 8.83. The molecule has 0 aliphatic heterocycles. The molecule has 174 valence electrons. The average molecular weight is 476 g/mol. The molecule has 0 aliphatic carbocycles. The van der Waals surface area contributed by atoms with E-state index in [1.54, 1.807) is 0 Å². The maximum atomic E-state index is 5.05. The lowest BCUT2D eigenvalue weighted by molar-refractivity contribution is 1.08. The lowest BCUT2D eigenvalue weighted by Crippen LogP contribution is -1.99. The van der Waals surface area contributed by atoms with Crippen LogP contribution in [-0.2, 0) is 0 Å². The summed E-state index contributed by atoms with van der Waals surface area (Å²) in [5.74, 6) is 0.849. The zero-order valence-corrected chi connectivity index (χ0v) is 19.9. The van der Waals surface area contributed by atoms with Crippen molar-refractivity contribution in [2.75, 3.05) is 0 Å². The first-order valence-corrected chi connectivity index (χ1v) is 12.1. The van der Waals surface area contributed by atoms with Crippen LogP contribution in [0.2, 0.25) is 0 Å². The molecule has 0 aliphatic rings. The number of fused-ring (bicyclic) bond motifs is 3. The van der Waals surface area contributed by atoms with Gasteiger partial charge in [-0.3, -0.25) is 14.5 Å². The minimum Gasteiger partial charge on any atom is -0.294 e. The zero-order chi connectivity index (χ0) is 24.6. The van der Waals surface area contributed by atoms with Crippen LogP contribution in [0.3, 0.4) is 0 Å². The topological polar surface area (TPSA) is 56.5 Å². The molecule has 0 saturated heterocycles. The fraction of sp³-hybridized carbons (Fsp3) is 0. The van der Waals surface area contributed by atoms with Gasteiger partial charge in [-0.05, 0) is 48.5 Å². The minimum absolute atomic E-state index is 0.824. The van der Waals surface area contributed by atoms with E-state index >= 15 is 0 Å². The van der Waals surface area contributed by atoms with E-state index in [2.05, 4.69) is 63.1 Å². The Morgan fingerprint density at radius 2 is 1.14 bits per heavy atom. The van der Waals surface area contributed by atoms with Crippen molar-refractivity contribution in [3.63, 3.8) is 0 Å². The van der Waals surface area contributed by atoms with Crippen LogP contribution in [0.15, 0.2) is 128 Å².